The SMILES string of the molecule is COc1cc(C(F)F)nc(CO)c1CN. The molecule has 0 aliphatic rings. The van der Waals surface area contributed by atoms with Gasteiger partial charge in [-0.1, -0.05) is 0 Å². The molecule has 3 N–H and O–H groups in total. The number of halogens is 2. The number of pyridine rings is 1. The number of aliphatic hydroxyl groups excluding tert-OH is 1. The van der Waals surface area contributed by atoms with Crippen LogP contribution >= 0.6 is 0 Å². The van der Waals surface area contributed by atoms with Crippen LogP contribution in [0, 0.1) is 0 Å². The van der Waals surface area contributed by atoms with E-state index in [0.29, 0.717) is 5.56 Å². The zero-order valence-electron chi connectivity index (χ0n) is 8.20. The molecule has 0 fully saturated rings. The Labute approximate surface area is 85.7 Å². The van der Waals surface area contributed by atoms with Gasteiger partial charge in [0.2, 0.25) is 0 Å². The van der Waals surface area contributed by atoms with Crippen LogP contribution < -0.4 is 10.5 Å². The van der Waals surface area contributed by atoms with Crippen molar-refractivity contribution < 1.29 is 18.6 Å². The molecule has 0 aromatic carbocycles. The van der Waals surface area contributed by atoms with Gasteiger partial charge in [0, 0.05) is 18.2 Å². The Balaban J connectivity index is 3.29. The topological polar surface area (TPSA) is 68.4 Å². The summed E-state index contributed by atoms with van der Waals surface area (Å²) >= 11 is 0. The summed E-state index contributed by atoms with van der Waals surface area (Å²) in [4.78, 5) is 3.61. The van der Waals surface area contributed by atoms with Gasteiger partial charge in [-0.2, -0.15) is 0 Å². The van der Waals surface area contributed by atoms with Gasteiger partial charge in [0.1, 0.15) is 11.4 Å². The van der Waals surface area contributed by atoms with Crippen molar-refractivity contribution in [2.45, 2.75) is 19.6 Å². The molecule has 0 aliphatic heterocycles. The molecule has 0 saturated heterocycles. The van der Waals surface area contributed by atoms with Crippen molar-refractivity contribution in [3.8, 4) is 5.75 Å². The summed E-state index contributed by atoms with van der Waals surface area (Å²) in [5.74, 6) is 0.229. The standard InChI is InChI=1S/C9H12F2N2O2/c1-15-8-2-6(9(10)11)13-7(4-14)5(8)3-12/h2,9,14H,3-4,12H2,1H3. The van der Waals surface area contributed by atoms with E-state index in [4.69, 9.17) is 15.6 Å². The van der Waals surface area contributed by atoms with E-state index in [0.717, 1.165) is 6.07 Å². The maximum absolute atomic E-state index is 12.4. The van der Waals surface area contributed by atoms with Gasteiger partial charge in [0.25, 0.3) is 6.43 Å². The Morgan fingerprint density at radius 1 is 1.60 bits per heavy atom. The molecule has 0 saturated carbocycles. The zero-order valence-corrected chi connectivity index (χ0v) is 8.20. The number of alkyl halides is 2. The predicted octanol–water partition coefficient (Wildman–Crippen LogP) is 0.979. The van der Waals surface area contributed by atoms with Crippen LogP contribution in [0.15, 0.2) is 6.07 Å². The molecule has 0 spiro atoms. The second-order valence-corrected chi connectivity index (χ2v) is 2.84. The highest BCUT2D eigenvalue weighted by Gasteiger charge is 2.16. The van der Waals surface area contributed by atoms with E-state index in [1.807, 2.05) is 0 Å². The smallest absolute Gasteiger partial charge is 0.280 e. The molecular formula is C9H12F2N2O2. The van der Waals surface area contributed by atoms with Crippen LogP contribution in [0.5, 0.6) is 5.75 Å². The largest absolute Gasteiger partial charge is 0.496 e. The predicted molar refractivity (Wildman–Crippen MR) is 49.6 cm³/mol. The van der Waals surface area contributed by atoms with E-state index in [-0.39, 0.29) is 18.0 Å². The lowest BCUT2D eigenvalue weighted by molar-refractivity contribution is 0.144. The van der Waals surface area contributed by atoms with Gasteiger partial charge < -0.3 is 15.6 Å². The summed E-state index contributed by atoms with van der Waals surface area (Å²) in [5, 5.41) is 8.96. The van der Waals surface area contributed by atoms with Gasteiger partial charge in [0.05, 0.1) is 19.4 Å². The molecule has 1 aromatic heterocycles. The molecule has 1 aromatic rings. The summed E-state index contributed by atoms with van der Waals surface area (Å²) in [6.45, 7) is -0.362. The molecule has 15 heavy (non-hydrogen) atoms. The van der Waals surface area contributed by atoms with E-state index in [1.165, 1.54) is 7.11 Å². The Morgan fingerprint density at radius 2 is 2.27 bits per heavy atom. The fraction of sp³-hybridized carbons (Fsp3) is 0.444. The molecule has 4 nitrogen and oxygen atoms in total. The number of rotatable bonds is 4. The summed E-state index contributed by atoms with van der Waals surface area (Å²) in [5.41, 5.74) is 5.57. The van der Waals surface area contributed by atoms with E-state index >= 15 is 0 Å². The number of nitrogens with two attached hydrogens (primary N) is 1. The minimum atomic E-state index is -2.70. The minimum absolute atomic E-state index is 0.0790. The first kappa shape index (κ1) is 11.8. The highest BCUT2D eigenvalue weighted by Crippen LogP contribution is 2.26. The third-order valence-electron chi connectivity index (χ3n) is 1.99. The fourth-order valence-electron chi connectivity index (χ4n) is 1.26. The maximum atomic E-state index is 12.4. The number of nitrogens with zero attached hydrogens (tertiary/aromatic N) is 1. The van der Waals surface area contributed by atoms with Crippen molar-refractivity contribution in [1.82, 2.24) is 4.98 Å². The quantitative estimate of drug-likeness (QED) is 0.790. The molecule has 0 atom stereocenters. The first-order chi connectivity index (χ1) is 7.13. The summed E-state index contributed by atoms with van der Waals surface area (Å²) in [6, 6.07) is 1.13. The third kappa shape index (κ3) is 2.40. The van der Waals surface area contributed by atoms with Crippen molar-refractivity contribution in [3.63, 3.8) is 0 Å². The fourth-order valence-corrected chi connectivity index (χ4v) is 1.26. The van der Waals surface area contributed by atoms with E-state index in [2.05, 4.69) is 4.98 Å². The number of methoxy groups -OCH3 is 1. The van der Waals surface area contributed by atoms with Crippen LogP contribution in [0.2, 0.25) is 0 Å². The maximum Gasteiger partial charge on any atom is 0.280 e. The molecular weight excluding hydrogens is 206 g/mol. The first-order valence-corrected chi connectivity index (χ1v) is 4.29. The van der Waals surface area contributed by atoms with Crippen LogP contribution in [-0.2, 0) is 13.2 Å². The van der Waals surface area contributed by atoms with Gasteiger partial charge in [-0.25, -0.2) is 13.8 Å². The number of hydrogen-bond acceptors (Lipinski definition) is 4. The van der Waals surface area contributed by atoms with Gasteiger partial charge in [-0.3, -0.25) is 0 Å². The molecule has 84 valence electrons. The van der Waals surface area contributed by atoms with Gasteiger partial charge in [0.15, 0.2) is 0 Å². The molecule has 0 unspecified atom stereocenters. The van der Waals surface area contributed by atoms with Crippen molar-refractivity contribution >= 4 is 0 Å². The molecule has 0 radical (unpaired) electrons. The van der Waals surface area contributed by atoms with Gasteiger partial charge >= 0.3 is 0 Å². The Morgan fingerprint density at radius 3 is 2.67 bits per heavy atom. The van der Waals surface area contributed by atoms with Gasteiger partial charge in [-0.15, -0.1) is 0 Å². The molecule has 0 amide bonds. The summed E-state index contributed by atoms with van der Waals surface area (Å²) in [7, 11) is 1.35. The first-order valence-electron chi connectivity index (χ1n) is 4.29. The Bertz CT molecular complexity index is 320. The van der Waals surface area contributed by atoms with Crippen molar-refractivity contribution in [3.05, 3.63) is 23.0 Å². The number of aromatic nitrogens is 1. The van der Waals surface area contributed by atoms with Crippen LogP contribution in [0.25, 0.3) is 0 Å². The number of hydrogen-bond donors (Lipinski definition) is 2. The van der Waals surface area contributed by atoms with Crippen molar-refractivity contribution in [2.24, 2.45) is 5.73 Å². The zero-order chi connectivity index (χ0) is 11.4. The summed E-state index contributed by atoms with van der Waals surface area (Å²) in [6.07, 6.45) is -2.70. The van der Waals surface area contributed by atoms with E-state index in [9.17, 15) is 8.78 Å². The van der Waals surface area contributed by atoms with Crippen LogP contribution in [0.1, 0.15) is 23.4 Å². The summed E-state index contributed by atoms with van der Waals surface area (Å²) < 4.78 is 29.7. The number of aliphatic hydroxyl groups is 1. The Kier molecular flexibility index (Phi) is 3.93. The van der Waals surface area contributed by atoms with Gasteiger partial charge in [-0.05, 0) is 0 Å². The Hall–Kier alpha value is -1.27. The van der Waals surface area contributed by atoms with E-state index < -0.39 is 18.7 Å². The molecule has 1 rings (SSSR count). The molecule has 0 bridgehead atoms. The van der Waals surface area contributed by atoms with Crippen molar-refractivity contribution in [1.29, 1.82) is 0 Å². The van der Waals surface area contributed by atoms with Crippen LogP contribution in [0.4, 0.5) is 8.78 Å². The lowest BCUT2D eigenvalue weighted by Crippen LogP contribution is -2.09. The molecule has 0 aliphatic carbocycles. The average Bonchev–Trinajstić information content (AvgIpc) is 2.26. The van der Waals surface area contributed by atoms with E-state index in [1.54, 1.807) is 0 Å². The lowest BCUT2D eigenvalue weighted by Gasteiger charge is -2.12. The monoisotopic (exact) mass is 218 g/mol. The molecule has 1 heterocycles. The molecule has 6 heteroatoms. The second-order valence-electron chi connectivity index (χ2n) is 2.84. The van der Waals surface area contributed by atoms with Crippen LogP contribution in [-0.4, -0.2) is 17.2 Å². The minimum Gasteiger partial charge on any atom is -0.496 e. The van der Waals surface area contributed by atoms with Crippen LogP contribution in [0.3, 0.4) is 0 Å². The lowest BCUT2D eigenvalue weighted by atomic mass is 10.1. The third-order valence-corrected chi connectivity index (χ3v) is 1.99. The number of ether oxygens (including phenoxy) is 1. The second kappa shape index (κ2) is 4.99. The average molecular weight is 218 g/mol. The van der Waals surface area contributed by atoms with Crippen molar-refractivity contribution in [2.75, 3.05) is 7.11 Å². The highest BCUT2D eigenvalue weighted by atomic mass is 19.3. The normalized spacial score (nSPS) is 10.8. The highest BCUT2D eigenvalue weighted by molar-refractivity contribution is 5.38.